The molecule has 218 valence electrons. The average Bonchev–Trinajstić information content (AvgIpc) is 3.84. The van der Waals surface area contributed by atoms with Crippen LogP contribution in [0.15, 0.2) is 54.2 Å². The highest BCUT2D eigenvalue weighted by atomic mass is 16.5. The molecule has 0 spiro atoms. The first-order valence-corrected chi connectivity index (χ1v) is 14.9. The van der Waals surface area contributed by atoms with Crippen molar-refractivity contribution >= 4 is 28.6 Å². The minimum Gasteiger partial charge on any atom is -0.468 e. The summed E-state index contributed by atoms with van der Waals surface area (Å²) in [6.45, 7) is 6.50. The molecule has 2 aromatic carbocycles. The quantitative estimate of drug-likeness (QED) is 0.469. The van der Waals surface area contributed by atoms with E-state index in [-0.39, 0.29) is 48.6 Å². The molecule has 2 saturated heterocycles. The lowest BCUT2D eigenvalue weighted by atomic mass is 9.64. The van der Waals surface area contributed by atoms with Crippen LogP contribution in [0.4, 0.5) is 0 Å². The second kappa shape index (κ2) is 11.2. The topological polar surface area (TPSA) is 85.4 Å². The third kappa shape index (κ3) is 5.06. The summed E-state index contributed by atoms with van der Waals surface area (Å²) in [5.74, 6) is -0.885. The van der Waals surface area contributed by atoms with Crippen LogP contribution in [-0.2, 0) is 35.1 Å². The molecule has 0 N–H and O–H groups in total. The molecule has 0 aromatic heterocycles. The number of benzene rings is 2. The number of nitrogens with zero attached hydrogens (tertiary/aromatic N) is 2. The molecule has 4 atom stereocenters. The number of morpholine rings is 1. The average molecular weight is 561 g/mol. The van der Waals surface area contributed by atoms with Crippen LogP contribution in [0.3, 0.4) is 0 Å². The first-order chi connectivity index (χ1) is 19.8. The monoisotopic (exact) mass is 560 g/mol. The van der Waals surface area contributed by atoms with Gasteiger partial charge in [-0.3, -0.25) is 14.4 Å². The third-order valence-corrected chi connectivity index (χ3v) is 9.29. The minimum atomic E-state index is -1.16. The van der Waals surface area contributed by atoms with Crippen LogP contribution in [0.25, 0.3) is 10.8 Å². The molecule has 1 saturated carbocycles. The molecule has 0 bridgehead atoms. The van der Waals surface area contributed by atoms with E-state index in [1.165, 1.54) is 7.11 Å². The van der Waals surface area contributed by atoms with Gasteiger partial charge in [0.15, 0.2) is 0 Å². The summed E-state index contributed by atoms with van der Waals surface area (Å²) in [6, 6.07) is 14.2. The van der Waals surface area contributed by atoms with Gasteiger partial charge >= 0.3 is 5.97 Å². The van der Waals surface area contributed by atoms with Crippen molar-refractivity contribution in [2.45, 2.75) is 58.3 Å². The van der Waals surface area contributed by atoms with Gasteiger partial charge in [0, 0.05) is 31.1 Å². The van der Waals surface area contributed by atoms with Crippen molar-refractivity contribution in [1.82, 2.24) is 9.80 Å². The normalized spacial score (nSPS) is 28.4. The fraction of sp³-hybridized carbons (Fsp3) is 0.545. The predicted molar refractivity (Wildman–Crippen MR) is 153 cm³/mol. The van der Waals surface area contributed by atoms with Gasteiger partial charge in [-0.15, -0.1) is 0 Å². The van der Waals surface area contributed by atoms with Gasteiger partial charge in [0.05, 0.1) is 39.1 Å². The number of hydrogen-bond acceptors (Lipinski definition) is 6. The summed E-state index contributed by atoms with van der Waals surface area (Å²) in [5, 5.41) is 2.15. The molecule has 8 nitrogen and oxygen atoms in total. The highest BCUT2D eigenvalue weighted by Gasteiger charge is 2.64. The summed E-state index contributed by atoms with van der Waals surface area (Å²) >= 11 is 0. The van der Waals surface area contributed by atoms with Crippen LogP contribution < -0.4 is 0 Å². The number of hydrogen-bond donors (Lipinski definition) is 0. The standard InChI is InChI=1S/C33H40N2O6/c1-21(2)27-18-28-33(32(38)39-3,30(41-27)23-11-12-23)19-25(17-29(36)34-13-15-40-16-14-34)31(37)35(28)20-24-9-6-8-22-7-4-5-10-26(22)24/h4-10,18,21,23,25,27,30H,11-17,19-20H2,1-3H3/t25-,27+,30+,33+/m0/s1. The van der Waals surface area contributed by atoms with E-state index in [4.69, 9.17) is 14.2 Å². The van der Waals surface area contributed by atoms with Crippen molar-refractivity contribution in [3.05, 3.63) is 59.8 Å². The molecular weight excluding hydrogens is 520 g/mol. The molecule has 8 heteroatoms. The van der Waals surface area contributed by atoms with Crippen LogP contribution in [-0.4, -0.2) is 73.2 Å². The van der Waals surface area contributed by atoms with Crippen molar-refractivity contribution in [2.24, 2.45) is 23.2 Å². The Morgan fingerprint density at radius 2 is 1.80 bits per heavy atom. The number of methoxy groups -OCH3 is 1. The van der Waals surface area contributed by atoms with Gasteiger partial charge in [0.1, 0.15) is 5.41 Å². The number of rotatable bonds is 7. The summed E-state index contributed by atoms with van der Waals surface area (Å²) in [7, 11) is 1.41. The number of carbonyl (C=O) groups excluding carboxylic acids is 3. The van der Waals surface area contributed by atoms with E-state index in [1.54, 1.807) is 9.80 Å². The Hall–Kier alpha value is -3.23. The Labute approximate surface area is 241 Å². The van der Waals surface area contributed by atoms with Gasteiger partial charge in [0.25, 0.3) is 0 Å². The molecule has 2 amide bonds. The lowest BCUT2D eigenvalue weighted by Gasteiger charge is -2.53. The van der Waals surface area contributed by atoms with E-state index in [9.17, 15) is 14.4 Å². The Morgan fingerprint density at radius 3 is 2.51 bits per heavy atom. The van der Waals surface area contributed by atoms with E-state index < -0.39 is 17.4 Å². The summed E-state index contributed by atoms with van der Waals surface area (Å²) < 4.78 is 17.7. The van der Waals surface area contributed by atoms with Crippen LogP contribution in [0, 0.1) is 23.2 Å². The molecule has 41 heavy (non-hydrogen) atoms. The van der Waals surface area contributed by atoms with Crippen LogP contribution in [0.2, 0.25) is 0 Å². The van der Waals surface area contributed by atoms with E-state index in [2.05, 4.69) is 32.0 Å². The van der Waals surface area contributed by atoms with Crippen molar-refractivity contribution in [1.29, 1.82) is 0 Å². The highest BCUT2D eigenvalue weighted by Crippen LogP contribution is 2.57. The first-order valence-electron chi connectivity index (χ1n) is 14.9. The summed E-state index contributed by atoms with van der Waals surface area (Å²) in [6.07, 6.45) is 3.53. The van der Waals surface area contributed by atoms with Gasteiger partial charge in [-0.2, -0.15) is 0 Å². The number of fused-ring (bicyclic) bond motifs is 2. The lowest BCUT2D eigenvalue weighted by molar-refractivity contribution is -0.182. The Balaban J connectivity index is 1.46. The van der Waals surface area contributed by atoms with Gasteiger partial charge in [-0.25, -0.2) is 0 Å². The molecule has 3 fully saturated rings. The smallest absolute Gasteiger partial charge is 0.320 e. The van der Waals surface area contributed by atoms with E-state index in [1.807, 2.05) is 30.3 Å². The van der Waals surface area contributed by atoms with E-state index in [0.717, 1.165) is 29.2 Å². The number of ether oxygens (including phenoxy) is 3. The van der Waals surface area contributed by atoms with Crippen molar-refractivity contribution in [3.8, 4) is 0 Å². The van der Waals surface area contributed by atoms with Gasteiger partial charge < -0.3 is 24.0 Å². The highest BCUT2D eigenvalue weighted by molar-refractivity contribution is 5.93. The maximum absolute atomic E-state index is 14.5. The molecule has 4 aliphatic rings. The molecule has 3 aliphatic heterocycles. The fourth-order valence-electron chi connectivity index (χ4n) is 6.97. The van der Waals surface area contributed by atoms with E-state index >= 15 is 0 Å². The number of amides is 2. The van der Waals surface area contributed by atoms with Crippen LogP contribution in [0.5, 0.6) is 0 Å². The maximum atomic E-state index is 14.5. The first kappa shape index (κ1) is 27.9. The lowest BCUT2D eigenvalue weighted by Crippen LogP contribution is -2.61. The Morgan fingerprint density at radius 1 is 1.07 bits per heavy atom. The Kier molecular flexibility index (Phi) is 7.64. The molecule has 1 aliphatic carbocycles. The largest absolute Gasteiger partial charge is 0.468 e. The van der Waals surface area contributed by atoms with Crippen LogP contribution >= 0.6 is 0 Å². The molecule has 6 rings (SSSR count). The van der Waals surface area contributed by atoms with Gasteiger partial charge in [-0.1, -0.05) is 56.3 Å². The van der Waals surface area contributed by atoms with Gasteiger partial charge in [0.2, 0.25) is 11.8 Å². The number of esters is 1. The van der Waals surface area contributed by atoms with Crippen LogP contribution in [0.1, 0.15) is 45.1 Å². The molecule has 0 unspecified atom stereocenters. The number of carbonyl (C=O) groups is 3. The predicted octanol–water partition coefficient (Wildman–Crippen LogP) is 4.31. The van der Waals surface area contributed by atoms with Crippen molar-refractivity contribution in [3.63, 3.8) is 0 Å². The zero-order valence-corrected chi connectivity index (χ0v) is 24.2. The van der Waals surface area contributed by atoms with Crippen molar-refractivity contribution in [2.75, 3.05) is 33.4 Å². The van der Waals surface area contributed by atoms with E-state index in [0.29, 0.717) is 38.5 Å². The van der Waals surface area contributed by atoms with Gasteiger partial charge in [-0.05, 0) is 53.5 Å². The zero-order valence-electron chi connectivity index (χ0n) is 24.2. The SMILES string of the molecule is COC(=O)[C@]12C[C@H](CC(=O)N3CCOCC3)C(=O)N(Cc3cccc4ccccc34)C1=C[C@H](C(C)C)O[C@@H]2C1CC1. The fourth-order valence-corrected chi connectivity index (χ4v) is 6.97. The number of likely N-dealkylation sites (tertiary alicyclic amines) is 1. The second-order valence-electron chi connectivity index (χ2n) is 12.3. The molecule has 2 aromatic rings. The van der Waals surface area contributed by atoms with Crippen molar-refractivity contribution < 1.29 is 28.6 Å². The second-order valence-corrected chi connectivity index (χ2v) is 12.3. The molecular formula is C33H40N2O6. The third-order valence-electron chi connectivity index (χ3n) is 9.29. The minimum absolute atomic E-state index is 0.0435. The summed E-state index contributed by atoms with van der Waals surface area (Å²) in [4.78, 5) is 45.5. The number of piperidine rings is 1. The molecule has 3 heterocycles. The Bertz CT molecular complexity index is 1360. The zero-order chi connectivity index (χ0) is 28.7. The maximum Gasteiger partial charge on any atom is 0.320 e. The summed E-state index contributed by atoms with van der Waals surface area (Å²) in [5.41, 5.74) is 0.515. The molecule has 0 radical (unpaired) electrons.